The molecule has 0 aromatic heterocycles. The first-order valence-electron chi connectivity index (χ1n) is 8.69. The minimum absolute atomic E-state index is 0.281. The first-order valence-corrected chi connectivity index (χ1v) is 9.10. The molecule has 0 aliphatic carbocycles. The van der Waals surface area contributed by atoms with Gasteiger partial charge in [0, 0.05) is 20.1 Å². The lowest BCUT2D eigenvalue weighted by molar-refractivity contribution is 0.174. The Labute approximate surface area is 165 Å². The molecule has 0 saturated carbocycles. The van der Waals surface area contributed by atoms with Gasteiger partial charge in [-0.15, -0.1) is 0 Å². The van der Waals surface area contributed by atoms with Crippen LogP contribution < -0.4 is 24.3 Å². The van der Waals surface area contributed by atoms with Crippen LogP contribution in [0.3, 0.4) is 0 Å². The van der Waals surface area contributed by atoms with E-state index < -0.39 is 0 Å². The summed E-state index contributed by atoms with van der Waals surface area (Å²) in [5.41, 5.74) is 2.26. The molecule has 0 fully saturated rings. The molecule has 3 rings (SSSR count). The molecule has 0 radical (unpaired) electrons. The molecule has 144 valence electrons. The molecule has 0 spiro atoms. The number of methoxy groups -OCH3 is 2. The summed E-state index contributed by atoms with van der Waals surface area (Å²) in [4.78, 5) is 2.03. The van der Waals surface area contributed by atoms with Gasteiger partial charge in [0.1, 0.15) is 0 Å². The minimum Gasteiger partial charge on any atom is -0.493 e. The Kier molecular flexibility index (Phi) is 6.24. The Morgan fingerprint density at radius 2 is 1.78 bits per heavy atom. The number of nitrogens with zero attached hydrogens (tertiary/aromatic N) is 1. The molecule has 0 bridgehead atoms. The van der Waals surface area contributed by atoms with E-state index in [1.807, 2.05) is 48.3 Å². The molecule has 7 heteroatoms. The number of fused-ring (bicyclic) bond motifs is 1. The lowest BCUT2D eigenvalue weighted by Gasteiger charge is -2.21. The maximum atomic E-state index is 5.49. The van der Waals surface area contributed by atoms with Gasteiger partial charge in [0.15, 0.2) is 28.1 Å². The van der Waals surface area contributed by atoms with E-state index in [1.54, 1.807) is 14.2 Å². The predicted octanol–water partition coefficient (Wildman–Crippen LogP) is 2.98. The second-order valence-electron chi connectivity index (χ2n) is 6.21. The Hall–Kier alpha value is -2.67. The normalized spacial score (nSPS) is 11.8. The fourth-order valence-electron chi connectivity index (χ4n) is 2.80. The lowest BCUT2D eigenvalue weighted by Crippen LogP contribution is -2.37. The Bertz CT molecular complexity index is 813. The van der Waals surface area contributed by atoms with Gasteiger partial charge in [-0.1, -0.05) is 12.1 Å². The van der Waals surface area contributed by atoms with Crippen molar-refractivity contribution in [1.82, 2.24) is 10.2 Å². The van der Waals surface area contributed by atoms with Gasteiger partial charge in [-0.3, -0.25) is 0 Å². The highest BCUT2D eigenvalue weighted by Crippen LogP contribution is 2.32. The first-order chi connectivity index (χ1) is 13.1. The van der Waals surface area contributed by atoms with Gasteiger partial charge >= 0.3 is 0 Å². The smallest absolute Gasteiger partial charge is 0.231 e. The maximum Gasteiger partial charge on any atom is 0.231 e. The third kappa shape index (κ3) is 4.74. The fourth-order valence-corrected chi connectivity index (χ4v) is 2.96. The second-order valence-corrected chi connectivity index (χ2v) is 6.59. The summed E-state index contributed by atoms with van der Waals surface area (Å²) in [6.45, 7) is 1.71. The van der Waals surface area contributed by atoms with Crippen molar-refractivity contribution in [3.8, 4) is 23.0 Å². The minimum atomic E-state index is 0.281. The SMILES string of the molecule is COc1ccc(CCN(C)C(=S)NCc2ccc3c(c2)OCO3)cc1OC. The highest BCUT2D eigenvalue weighted by atomic mass is 32.1. The Balaban J connectivity index is 1.49. The van der Waals surface area contributed by atoms with Crippen molar-refractivity contribution in [1.29, 1.82) is 0 Å². The maximum absolute atomic E-state index is 5.49. The van der Waals surface area contributed by atoms with Gasteiger partial charge < -0.3 is 29.2 Å². The van der Waals surface area contributed by atoms with Crippen molar-refractivity contribution in [2.45, 2.75) is 13.0 Å². The highest BCUT2D eigenvalue weighted by Gasteiger charge is 2.13. The van der Waals surface area contributed by atoms with E-state index in [1.165, 1.54) is 0 Å². The van der Waals surface area contributed by atoms with E-state index in [2.05, 4.69) is 5.32 Å². The third-order valence-corrected chi connectivity index (χ3v) is 4.87. The van der Waals surface area contributed by atoms with Crippen LogP contribution in [0.4, 0.5) is 0 Å². The molecule has 6 nitrogen and oxygen atoms in total. The van der Waals surface area contributed by atoms with Gasteiger partial charge in [-0.2, -0.15) is 0 Å². The summed E-state index contributed by atoms with van der Waals surface area (Å²) < 4.78 is 21.4. The predicted molar refractivity (Wildman–Crippen MR) is 108 cm³/mol. The monoisotopic (exact) mass is 388 g/mol. The van der Waals surface area contributed by atoms with Crippen LogP contribution >= 0.6 is 12.2 Å². The Morgan fingerprint density at radius 1 is 1.04 bits per heavy atom. The molecule has 1 aliphatic rings. The van der Waals surface area contributed by atoms with Crippen LogP contribution in [0.2, 0.25) is 0 Å². The molecule has 0 amide bonds. The molecule has 0 unspecified atom stereocenters. The largest absolute Gasteiger partial charge is 0.493 e. The molecule has 1 aliphatic heterocycles. The molecule has 27 heavy (non-hydrogen) atoms. The summed E-state index contributed by atoms with van der Waals surface area (Å²) in [6, 6.07) is 11.9. The number of ether oxygens (including phenoxy) is 4. The van der Waals surface area contributed by atoms with Crippen LogP contribution in [0.15, 0.2) is 36.4 Å². The number of likely N-dealkylation sites (N-methyl/N-ethyl adjacent to an activating group) is 1. The average molecular weight is 388 g/mol. The van der Waals surface area contributed by atoms with Crippen LogP contribution in [0.1, 0.15) is 11.1 Å². The number of hydrogen-bond acceptors (Lipinski definition) is 5. The van der Waals surface area contributed by atoms with E-state index in [-0.39, 0.29) is 6.79 Å². The van der Waals surface area contributed by atoms with E-state index in [9.17, 15) is 0 Å². The number of benzene rings is 2. The number of rotatable bonds is 7. The summed E-state index contributed by atoms with van der Waals surface area (Å²) >= 11 is 5.49. The molecule has 0 atom stereocenters. The van der Waals surface area contributed by atoms with E-state index >= 15 is 0 Å². The molecular formula is C20H24N2O4S. The number of thiocarbonyl (C=S) groups is 1. The zero-order valence-electron chi connectivity index (χ0n) is 15.8. The van der Waals surface area contributed by atoms with Crippen molar-refractivity contribution in [3.63, 3.8) is 0 Å². The van der Waals surface area contributed by atoms with Crippen molar-refractivity contribution < 1.29 is 18.9 Å². The van der Waals surface area contributed by atoms with Crippen LogP contribution in [0.5, 0.6) is 23.0 Å². The molecule has 1 heterocycles. The summed E-state index contributed by atoms with van der Waals surface area (Å²) in [7, 11) is 5.26. The zero-order valence-corrected chi connectivity index (χ0v) is 16.6. The van der Waals surface area contributed by atoms with Gasteiger partial charge in [-0.05, 0) is 54.0 Å². The quantitative estimate of drug-likeness (QED) is 0.732. The molecule has 2 aromatic rings. The van der Waals surface area contributed by atoms with E-state index in [0.717, 1.165) is 47.1 Å². The van der Waals surface area contributed by atoms with Crippen LogP contribution in [0.25, 0.3) is 0 Å². The molecule has 0 saturated heterocycles. The summed E-state index contributed by atoms with van der Waals surface area (Å²) in [5.74, 6) is 3.03. The molecular weight excluding hydrogens is 364 g/mol. The number of nitrogens with one attached hydrogen (secondary N) is 1. The fraction of sp³-hybridized carbons (Fsp3) is 0.350. The third-order valence-electron chi connectivity index (χ3n) is 4.41. The highest BCUT2D eigenvalue weighted by molar-refractivity contribution is 7.80. The van der Waals surface area contributed by atoms with Crippen LogP contribution in [0, 0.1) is 0 Å². The molecule has 1 N–H and O–H groups in total. The van der Waals surface area contributed by atoms with Crippen LogP contribution in [-0.4, -0.2) is 44.6 Å². The van der Waals surface area contributed by atoms with Crippen LogP contribution in [-0.2, 0) is 13.0 Å². The van der Waals surface area contributed by atoms with Gasteiger partial charge in [0.05, 0.1) is 14.2 Å². The Morgan fingerprint density at radius 3 is 2.56 bits per heavy atom. The van der Waals surface area contributed by atoms with Crippen molar-refractivity contribution in [2.75, 3.05) is 34.6 Å². The van der Waals surface area contributed by atoms with E-state index in [0.29, 0.717) is 11.7 Å². The summed E-state index contributed by atoms with van der Waals surface area (Å²) in [6.07, 6.45) is 0.850. The van der Waals surface area contributed by atoms with E-state index in [4.69, 9.17) is 31.2 Å². The summed E-state index contributed by atoms with van der Waals surface area (Å²) in [5, 5.41) is 3.99. The standard InChI is InChI=1S/C20H24N2O4S/c1-22(9-8-14-4-6-16(23-2)18(10-14)24-3)20(27)21-12-15-5-7-17-19(11-15)26-13-25-17/h4-7,10-11H,8-9,12-13H2,1-3H3,(H,21,27). The van der Waals surface area contributed by atoms with Gasteiger partial charge in [0.25, 0.3) is 0 Å². The van der Waals surface area contributed by atoms with Gasteiger partial charge in [-0.25, -0.2) is 0 Å². The molecule has 2 aromatic carbocycles. The average Bonchev–Trinajstić information content (AvgIpc) is 3.17. The number of hydrogen-bond donors (Lipinski definition) is 1. The van der Waals surface area contributed by atoms with Crippen molar-refractivity contribution in [3.05, 3.63) is 47.5 Å². The van der Waals surface area contributed by atoms with Crippen molar-refractivity contribution in [2.24, 2.45) is 0 Å². The first kappa shape index (κ1) is 19.1. The van der Waals surface area contributed by atoms with Gasteiger partial charge in [0.2, 0.25) is 6.79 Å². The second kappa shape index (κ2) is 8.81. The zero-order chi connectivity index (χ0) is 19.2. The van der Waals surface area contributed by atoms with Crippen molar-refractivity contribution >= 4 is 17.3 Å². The topological polar surface area (TPSA) is 52.2 Å². The lowest BCUT2D eigenvalue weighted by atomic mass is 10.1.